The Morgan fingerprint density at radius 1 is 0.897 bits per heavy atom. The molecule has 1 aliphatic carbocycles. The number of aryl methyl sites for hydroxylation is 1. The summed E-state index contributed by atoms with van der Waals surface area (Å²) in [6, 6.07) is 19.2. The molecule has 0 saturated heterocycles. The van der Waals surface area contributed by atoms with Crippen molar-refractivity contribution in [3.63, 3.8) is 0 Å². The van der Waals surface area contributed by atoms with Crippen molar-refractivity contribution in [2.24, 2.45) is 5.92 Å². The van der Waals surface area contributed by atoms with Crippen LogP contribution in [0.3, 0.4) is 0 Å². The van der Waals surface area contributed by atoms with Gasteiger partial charge < -0.3 is 0 Å². The zero-order valence-electron chi connectivity index (χ0n) is 17.6. The third kappa shape index (κ3) is 4.29. The zero-order chi connectivity index (χ0) is 20.2. The molecule has 3 aromatic carbocycles. The van der Waals surface area contributed by atoms with Crippen molar-refractivity contribution >= 4 is 10.8 Å². The van der Waals surface area contributed by atoms with Crippen molar-refractivity contribution in [1.82, 2.24) is 0 Å². The first-order valence-electron chi connectivity index (χ1n) is 11.1. The summed E-state index contributed by atoms with van der Waals surface area (Å²) in [5, 5.41) is 1.71. The van der Waals surface area contributed by atoms with Crippen molar-refractivity contribution in [3.05, 3.63) is 83.7 Å². The van der Waals surface area contributed by atoms with Crippen molar-refractivity contribution in [2.45, 2.75) is 58.3 Å². The maximum absolute atomic E-state index is 14.7. The van der Waals surface area contributed by atoms with Gasteiger partial charge in [-0.05, 0) is 84.6 Å². The van der Waals surface area contributed by atoms with Gasteiger partial charge in [-0.25, -0.2) is 4.39 Å². The average molecular weight is 387 g/mol. The zero-order valence-corrected chi connectivity index (χ0v) is 17.6. The Morgan fingerprint density at radius 2 is 1.62 bits per heavy atom. The largest absolute Gasteiger partial charge is 0.206 e. The van der Waals surface area contributed by atoms with Gasteiger partial charge in [-0.15, -0.1) is 0 Å². The van der Waals surface area contributed by atoms with E-state index in [1.807, 2.05) is 12.1 Å². The molecule has 0 aliphatic heterocycles. The highest BCUT2D eigenvalue weighted by molar-refractivity contribution is 5.88. The lowest BCUT2D eigenvalue weighted by Gasteiger charge is -2.27. The van der Waals surface area contributed by atoms with E-state index in [9.17, 15) is 4.39 Å². The maximum atomic E-state index is 14.7. The van der Waals surface area contributed by atoms with Crippen LogP contribution in [0.5, 0.6) is 0 Å². The normalized spacial score (nSPS) is 19.8. The summed E-state index contributed by atoms with van der Waals surface area (Å²) in [4.78, 5) is 0. The van der Waals surface area contributed by atoms with E-state index in [4.69, 9.17) is 0 Å². The molecule has 4 rings (SSSR count). The molecule has 0 heterocycles. The van der Waals surface area contributed by atoms with Crippen LogP contribution in [0.2, 0.25) is 0 Å². The van der Waals surface area contributed by atoms with Crippen LogP contribution in [0, 0.1) is 11.7 Å². The first-order valence-corrected chi connectivity index (χ1v) is 11.1. The van der Waals surface area contributed by atoms with Crippen LogP contribution in [0.4, 0.5) is 4.39 Å². The number of allylic oxidation sites excluding steroid dienone is 2. The van der Waals surface area contributed by atoms with E-state index in [2.05, 4.69) is 68.5 Å². The molecular weight excluding hydrogens is 355 g/mol. The summed E-state index contributed by atoms with van der Waals surface area (Å²) < 4.78 is 14.7. The van der Waals surface area contributed by atoms with Crippen molar-refractivity contribution < 1.29 is 4.39 Å². The lowest BCUT2D eigenvalue weighted by Crippen LogP contribution is -2.11. The Labute approximate surface area is 174 Å². The van der Waals surface area contributed by atoms with Crippen LogP contribution < -0.4 is 0 Å². The van der Waals surface area contributed by atoms with Crippen molar-refractivity contribution in [3.8, 4) is 11.1 Å². The number of hydrogen-bond donors (Lipinski definition) is 0. The van der Waals surface area contributed by atoms with E-state index in [0.29, 0.717) is 5.92 Å². The molecule has 1 aliphatic rings. The van der Waals surface area contributed by atoms with E-state index in [1.54, 1.807) is 0 Å². The van der Waals surface area contributed by atoms with Gasteiger partial charge in [-0.2, -0.15) is 0 Å². The molecular formula is C28H31F. The van der Waals surface area contributed by atoms with Gasteiger partial charge >= 0.3 is 0 Å². The number of hydrogen-bond acceptors (Lipinski definition) is 0. The second kappa shape index (κ2) is 8.95. The van der Waals surface area contributed by atoms with Gasteiger partial charge in [-0.1, -0.05) is 74.0 Å². The minimum Gasteiger partial charge on any atom is -0.206 e. The molecule has 29 heavy (non-hydrogen) atoms. The molecule has 0 bridgehead atoms. The predicted octanol–water partition coefficient (Wildman–Crippen LogP) is 8.45. The van der Waals surface area contributed by atoms with Crippen LogP contribution in [-0.4, -0.2) is 0 Å². The molecule has 0 aromatic heterocycles. The Balaban J connectivity index is 1.53. The Bertz CT molecular complexity index is 989. The Kier molecular flexibility index (Phi) is 6.13. The van der Waals surface area contributed by atoms with Crippen LogP contribution >= 0.6 is 0 Å². The summed E-state index contributed by atoms with van der Waals surface area (Å²) in [5.74, 6) is 1.40. The lowest BCUT2D eigenvalue weighted by molar-refractivity contribution is 0.376. The summed E-state index contributed by atoms with van der Waals surface area (Å²) in [5.41, 5.74) is 4.64. The third-order valence-electron chi connectivity index (χ3n) is 6.51. The highest BCUT2D eigenvalue weighted by Gasteiger charge is 2.20. The van der Waals surface area contributed by atoms with Crippen molar-refractivity contribution in [2.75, 3.05) is 0 Å². The summed E-state index contributed by atoms with van der Waals surface area (Å²) >= 11 is 0. The fourth-order valence-electron chi connectivity index (χ4n) is 4.84. The van der Waals surface area contributed by atoms with Gasteiger partial charge in [0.1, 0.15) is 5.82 Å². The fourth-order valence-corrected chi connectivity index (χ4v) is 4.84. The molecule has 0 nitrogen and oxygen atoms in total. The molecule has 0 spiro atoms. The first kappa shape index (κ1) is 19.9. The first-order chi connectivity index (χ1) is 14.2. The average Bonchev–Trinajstić information content (AvgIpc) is 2.76. The third-order valence-corrected chi connectivity index (χ3v) is 6.51. The molecule has 3 aromatic rings. The molecule has 150 valence electrons. The topological polar surface area (TPSA) is 0 Å². The van der Waals surface area contributed by atoms with E-state index in [0.717, 1.165) is 40.7 Å². The highest BCUT2D eigenvalue weighted by atomic mass is 19.1. The standard InChI is InChI=1S/C28H31F/c1-3-5-20-7-9-21(10-8-20)22-11-13-23(14-12-22)25-17-18-27-26(19-25)16-15-24(6-4-2)28(27)29/h3,5,11-21H,4,6-10H2,1-2H3/b5-3+. The molecule has 0 N–H and O–H groups in total. The van der Waals surface area contributed by atoms with E-state index >= 15 is 0 Å². The van der Waals surface area contributed by atoms with Gasteiger partial charge in [0.15, 0.2) is 0 Å². The molecule has 1 saturated carbocycles. The Hall–Kier alpha value is -2.41. The summed E-state index contributed by atoms with van der Waals surface area (Å²) in [6.45, 7) is 4.21. The monoisotopic (exact) mass is 386 g/mol. The predicted molar refractivity (Wildman–Crippen MR) is 123 cm³/mol. The molecule has 1 heteroatoms. The second-order valence-electron chi connectivity index (χ2n) is 8.48. The Morgan fingerprint density at radius 3 is 2.31 bits per heavy atom. The van der Waals surface area contributed by atoms with E-state index in [-0.39, 0.29) is 5.82 Å². The lowest BCUT2D eigenvalue weighted by atomic mass is 9.78. The molecule has 0 atom stereocenters. The molecule has 1 fully saturated rings. The SMILES string of the molecule is C/C=C/C1CCC(c2ccc(-c3ccc4c(F)c(CCC)ccc4c3)cc2)CC1. The highest BCUT2D eigenvalue weighted by Crippen LogP contribution is 2.37. The fraction of sp³-hybridized carbons (Fsp3) is 0.357. The van der Waals surface area contributed by atoms with Crippen LogP contribution in [0.1, 0.15) is 63.0 Å². The van der Waals surface area contributed by atoms with Crippen LogP contribution in [0.15, 0.2) is 66.7 Å². The van der Waals surface area contributed by atoms with Crippen molar-refractivity contribution in [1.29, 1.82) is 0 Å². The quantitative estimate of drug-likeness (QED) is 0.386. The molecule has 0 amide bonds. The van der Waals surface area contributed by atoms with E-state index in [1.165, 1.54) is 36.8 Å². The number of fused-ring (bicyclic) bond motifs is 1. The maximum Gasteiger partial charge on any atom is 0.134 e. The molecule has 0 radical (unpaired) electrons. The number of halogens is 1. The van der Waals surface area contributed by atoms with Gasteiger partial charge in [-0.3, -0.25) is 0 Å². The van der Waals surface area contributed by atoms with Crippen LogP contribution in [-0.2, 0) is 6.42 Å². The second-order valence-corrected chi connectivity index (χ2v) is 8.48. The molecule has 0 unspecified atom stereocenters. The smallest absolute Gasteiger partial charge is 0.134 e. The summed E-state index contributed by atoms with van der Waals surface area (Å²) in [6.07, 6.45) is 11.5. The minimum atomic E-state index is -0.0558. The number of benzene rings is 3. The van der Waals surface area contributed by atoms with Crippen LogP contribution in [0.25, 0.3) is 21.9 Å². The van der Waals surface area contributed by atoms with E-state index < -0.39 is 0 Å². The minimum absolute atomic E-state index is 0.0558. The van der Waals surface area contributed by atoms with Gasteiger partial charge in [0.25, 0.3) is 0 Å². The summed E-state index contributed by atoms with van der Waals surface area (Å²) in [7, 11) is 0. The van der Waals surface area contributed by atoms with Gasteiger partial charge in [0.2, 0.25) is 0 Å². The van der Waals surface area contributed by atoms with Gasteiger partial charge in [0, 0.05) is 5.39 Å². The number of rotatable bonds is 5. The van der Waals surface area contributed by atoms with Gasteiger partial charge in [0.05, 0.1) is 0 Å².